The van der Waals surface area contributed by atoms with Gasteiger partial charge in [0.1, 0.15) is 0 Å². The molecule has 104 valence electrons. The Hall–Kier alpha value is -0.530. The zero-order chi connectivity index (χ0) is 13.4. The van der Waals surface area contributed by atoms with Crippen molar-refractivity contribution < 1.29 is 0 Å². The topological polar surface area (TPSA) is 12.0 Å². The van der Waals surface area contributed by atoms with Crippen LogP contribution >= 0.6 is 11.6 Å². The second-order valence-corrected chi connectivity index (χ2v) is 6.94. The van der Waals surface area contributed by atoms with E-state index in [4.69, 9.17) is 11.6 Å². The van der Waals surface area contributed by atoms with Gasteiger partial charge in [0, 0.05) is 17.1 Å². The SMILES string of the molecule is C[C@H](N[C@@H](C)[C@H]1C[C@H]2CC[C@H]1C2)c1ccccc1Cl. The first-order valence-corrected chi connectivity index (χ1v) is 8.03. The lowest BCUT2D eigenvalue weighted by molar-refractivity contribution is 0.248. The van der Waals surface area contributed by atoms with E-state index in [1.54, 1.807) is 0 Å². The Kier molecular flexibility index (Phi) is 3.86. The third kappa shape index (κ3) is 2.68. The van der Waals surface area contributed by atoms with Gasteiger partial charge in [0.2, 0.25) is 0 Å². The Bertz CT molecular complexity index is 445. The number of halogens is 1. The summed E-state index contributed by atoms with van der Waals surface area (Å²) in [4.78, 5) is 0. The average Bonchev–Trinajstić information content (AvgIpc) is 3.01. The normalized spacial score (nSPS) is 32.5. The first-order valence-electron chi connectivity index (χ1n) is 7.65. The van der Waals surface area contributed by atoms with Crippen molar-refractivity contribution in [3.63, 3.8) is 0 Å². The molecule has 0 radical (unpaired) electrons. The van der Waals surface area contributed by atoms with Crippen molar-refractivity contribution in [3.05, 3.63) is 34.9 Å². The maximum atomic E-state index is 6.29. The van der Waals surface area contributed by atoms with E-state index in [1.807, 2.05) is 12.1 Å². The summed E-state index contributed by atoms with van der Waals surface area (Å²) >= 11 is 6.29. The van der Waals surface area contributed by atoms with Gasteiger partial charge < -0.3 is 5.32 Å². The molecule has 3 rings (SSSR count). The van der Waals surface area contributed by atoms with Gasteiger partial charge in [0.25, 0.3) is 0 Å². The summed E-state index contributed by atoms with van der Waals surface area (Å²) < 4.78 is 0. The molecular weight excluding hydrogens is 254 g/mol. The predicted molar refractivity (Wildman–Crippen MR) is 81.4 cm³/mol. The van der Waals surface area contributed by atoms with Gasteiger partial charge in [-0.2, -0.15) is 0 Å². The molecule has 0 saturated heterocycles. The Morgan fingerprint density at radius 2 is 1.95 bits per heavy atom. The van der Waals surface area contributed by atoms with E-state index in [2.05, 4.69) is 31.3 Å². The molecule has 5 atom stereocenters. The third-order valence-corrected chi connectivity index (χ3v) is 5.66. The number of hydrogen-bond donors (Lipinski definition) is 1. The fraction of sp³-hybridized carbons (Fsp3) is 0.647. The minimum Gasteiger partial charge on any atom is -0.307 e. The van der Waals surface area contributed by atoms with Gasteiger partial charge in [0.15, 0.2) is 0 Å². The minimum atomic E-state index is 0.336. The Balaban J connectivity index is 1.63. The van der Waals surface area contributed by atoms with Crippen molar-refractivity contribution in [2.45, 2.75) is 51.6 Å². The van der Waals surface area contributed by atoms with E-state index in [9.17, 15) is 0 Å². The number of hydrogen-bond acceptors (Lipinski definition) is 1. The lowest BCUT2D eigenvalue weighted by Crippen LogP contribution is -2.37. The molecule has 2 saturated carbocycles. The Labute approximate surface area is 121 Å². The number of rotatable bonds is 4. The number of benzene rings is 1. The van der Waals surface area contributed by atoms with E-state index >= 15 is 0 Å². The van der Waals surface area contributed by atoms with Crippen LogP contribution in [-0.2, 0) is 0 Å². The summed E-state index contributed by atoms with van der Waals surface area (Å²) in [6.07, 6.45) is 5.86. The summed E-state index contributed by atoms with van der Waals surface area (Å²) in [5.74, 6) is 2.88. The largest absolute Gasteiger partial charge is 0.307 e. The van der Waals surface area contributed by atoms with Gasteiger partial charge in [-0.05, 0) is 62.5 Å². The van der Waals surface area contributed by atoms with Crippen LogP contribution < -0.4 is 5.32 Å². The molecule has 1 aromatic rings. The third-order valence-electron chi connectivity index (χ3n) is 5.32. The highest BCUT2D eigenvalue weighted by molar-refractivity contribution is 6.31. The van der Waals surface area contributed by atoms with Crippen molar-refractivity contribution in [2.75, 3.05) is 0 Å². The van der Waals surface area contributed by atoms with E-state index < -0.39 is 0 Å². The summed E-state index contributed by atoms with van der Waals surface area (Å²) in [7, 11) is 0. The maximum Gasteiger partial charge on any atom is 0.0453 e. The molecule has 0 amide bonds. The van der Waals surface area contributed by atoms with E-state index in [1.165, 1.54) is 31.2 Å². The number of fused-ring (bicyclic) bond motifs is 2. The summed E-state index contributed by atoms with van der Waals surface area (Å²) in [6.45, 7) is 4.59. The summed E-state index contributed by atoms with van der Waals surface area (Å²) in [5, 5.41) is 4.66. The molecule has 0 heterocycles. The molecule has 19 heavy (non-hydrogen) atoms. The average molecular weight is 278 g/mol. The molecule has 0 unspecified atom stereocenters. The second-order valence-electron chi connectivity index (χ2n) is 6.54. The van der Waals surface area contributed by atoms with Crippen LogP contribution in [-0.4, -0.2) is 6.04 Å². The Morgan fingerprint density at radius 1 is 1.16 bits per heavy atom. The molecule has 2 aliphatic rings. The van der Waals surface area contributed by atoms with Crippen LogP contribution in [0.2, 0.25) is 5.02 Å². The highest BCUT2D eigenvalue weighted by Crippen LogP contribution is 2.49. The maximum absolute atomic E-state index is 6.29. The minimum absolute atomic E-state index is 0.336. The molecule has 2 bridgehead atoms. The van der Waals surface area contributed by atoms with Crippen LogP contribution in [0, 0.1) is 17.8 Å². The second kappa shape index (κ2) is 5.46. The van der Waals surface area contributed by atoms with Crippen molar-refractivity contribution in [2.24, 2.45) is 17.8 Å². The molecule has 0 aromatic heterocycles. The highest BCUT2D eigenvalue weighted by Gasteiger charge is 2.41. The molecule has 2 fully saturated rings. The van der Waals surface area contributed by atoms with E-state index in [-0.39, 0.29) is 0 Å². The molecule has 1 aromatic carbocycles. The smallest absolute Gasteiger partial charge is 0.0453 e. The summed E-state index contributed by atoms with van der Waals surface area (Å²) in [6, 6.07) is 9.12. The van der Waals surface area contributed by atoms with Gasteiger partial charge in [-0.3, -0.25) is 0 Å². The van der Waals surface area contributed by atoms with Crippen LogP contribution in [0.1, 0.15) is 51.1 Å². The van der Waals surface area contributed by atoms with Crippen molar-refractivity contribution in [1.82, 2.24) is 5.32 Å². The van der Waals surface area contributed by atoms with Gasteiger partial charge in [-0.1, -0.05) is 36.2 Å². The van der Waals surface area contributed by atoms with Crippen LogP contribution in [0.15, 0.2) is 24.3 Å². The van der Waals surface area contributed by atoms with Crippen molar-refractivity contribution in [3.8, 4) is 0 Å². The van der Waals surface area contributed by atoms with Crippen LogP contribution in [0.4, 0.5) is 0 Å². The van der Waals surface area contributed by atoms with E-state index in [0.29, 0.717) is 12.1 Å². The fourth-order valence-electron chi connectivity index (χ4n) is 4.34. The standard InChI is InChI=1S/C17H24ClN/c1-11(15-5-3-4-6-17(15)18)19-12(2)16-10-13-7-8-14(16)9-13/h3-6,11-14,16,19H,7-10H2,1-2H3/t11-,12-,13-,14-,16+/m0/s1. The van der Waals surface area contributed by atoms with Gasteiger partial charge >= 0.3 is 0 Å². The molecule has 2 aliphatic carbocycles. The number of nitrogens with one attached hydrogen (secondary N) is 1. The van der Waals surface area contributed by atoms with E-state index in [0.717, 1.165) is 22.8 Å². The Morgan fingerprint density at radius 3 is 2.58 bits per heavy atom. The van der Waals surface area contributed by atoms with Crippen LogP contribution in [0.5, 0.6) is 0 Å². The van der Waals surface area contributed by atoms with Crippen LogP contribution in [0.3, 0.4) is 0 Å². The molecule has 1 nitrogen and oxygen atoms in total. The van der Waals surface area contributed by atoms with Gasteiger partial charge in [0.05, 0.1) is 0 Å². The fourth-order valence-corrected chi connectivity index (χ4v) is 4.64. The quantitative estimate of drug-likeness (QED) is 0.832. The zero-order valence-electron chi connectivity index (χ0n) is 11.9. The lowest BCUT2D eigenvalue weighted by Gasteiger charge is -2.31. The molecule has 2 heteroatoms. The molecule has 0 aliphatic heterocycles. The molecule has 0 spiro atoms. The van der Waals surface area contributed by atoms with Crippen molar-refractivity contribution >= 4 is 11.6 Å². The van der Waals surface area contributed by atoms with Gasteiger partial charge in [-0.15, -0.1) is 0 Å². The molecular formula is C17H24ClN. The first-order chi connectivity index (χ1) is 9.15. The zero-order valence-corrected chi connectivity index (χ0v) is 12.7. The monoisotopic (exact) mass is 277 g/mol. The molecule has 1 N–H and O–H groups in total. The van der Waals surface area contributed by atoms with Crippen LogP contribution in [0.25, 0.3) is 0 Å². The lowest BCUT2D eigenvalue weighted by atomic mass is 9.83. The van der Waals surface area contributed by atoms with Gasteiger partial charge in [-0.25, -0.2) is 0 Å². The predicted octanol–water partition coefficient (Wildman–Crippen LogP) is 4.82. The van der Waals surface area contributed by atoms with Crippen molar-refractivity contribution in [1.29, 1.82) is 0 Å². The summed E-state index contributed by atoms with van der Waals surface area (Å²) in [5.41, 5.74) is 1.22. The first kappa shape index (κ1) is 13.5. The highest BCUT2D eigenvalue weighted by atomic mass is 35.5.